The average molecular weight is 566 g/mol. The molecule has 3 heterocycles. The second kappa shape index (κ2) is 9.84. The Hall–Kier alpha value is -4.37. The van der Waals surface area contributed by atoms with E-state index in [0.717, 1.165) is 73.9 Å². The lowest BCUT2D eigenvalue weighted by molar-refractivity contribution is 0.411. The van der Waals surface area contributed by atoms with Gasteiger partial charge in [-0.3, -0.25) is 4.98 Å². The molecule has 216 valence electrons. The standard InChI is InChI=1S/C40H39NO2/c1-24-29-14-12-25(22-39(2,3)4)18-34(29)42-37(24)28-16-17-41-33(21-28)32-20-27-10-8-9-11-30(27)36-31-15-13-26(23-40(5,6)7)19-35(31)43-38(32)36/h8-21H,22-23H2,1-7H3. The molecule has 0 atom stereocenters. The van der Waals surface area contributed by atoms with Gasteiger partial charge in [0.25, 0.3) is 0 Å². The first-order valence-electron chi connectivity index (χ1n) is 15.3. The fourth-order valence-electron chi connectivity index (χ4n) is 6.57. The fraction of sp³-hybridized carbons (Fsp3) is 0.275. The zero-order valence-corrected chi connectivity index (χ0v) is 26.3. The number of rotatable bonds is 4. The monoisotopic (exact) mass is 565 g/mol. The number of pyridine rings is 1. The van der Waals surface area contributed by atoms with Crippen LogP contribution >= 0.6 is 0 Å². The highest BCUT2D eigenvalue weighted by Crippen LogP contribution is 2.42. The third-order valence-electron chi connectivity index (χ3n) is 8.30. The molecule has 43 heavy (non-hydrogen) atoms. The maximum atomic E-state index is 6.71. The Bertz CT molecular complexity index is 2160. The van der Waals surface area contributed by atoms with Gasteiger partial charge in [-0.05, 0) is 82.8 Å². The highest BCUT2D eigenvalue weighted by molar-refractivity contribution is 6.22. The number of nitrogens with zero attached hydrogens (tertiary/aromatic N) is 1. The summed E-state index contributed by atoms with van der Waals surface area (Å²) in [6, 6.07) is 28.3. The summed E-state index contributed by atoms with van der Waals surface area (Å²) in [6.45, 7) is 15.8. The molecule has 0 aliphatic heterocycles. The van der Waals surface area contributed by atoms with E-state index in [1.54, 1.807) is 0 Å². The van der Waals surface area contributed by atoms with Crippen molar-refractivity contribution < 1.29 is 8.83 Å². The summed E-state index contributed by atoms with van der Waals surface area (Å²) in [5.41, 5.74) is 9.75. The molecule has 0 saturated heterocycles. The van der Waals surface area contributed by atoms with E-state index in [-0.39, 0.29) is 10.8 Å². The van der Waals surface area contributed by atoms with Crippen LogP contribution < -0.4 is 0 Å². The van der Waals surface area contributed by atoms with Crippen LogP contribution in [-0.2, 0) is 12.8 Å². The first-order valence-corrected chi connectivity index (χ1v) is 15.3. The van der Waals surface area contributed by atoms with Gasteiger partial charge < -0.3 is 8.83 Å². The Kier molecular flexibility index (Phi) is 6.28. The summed E-state index contributed by atoms with van der Waals surface area (Å²) in [7, 11) is 0. The van der Waals surface area contributed by atoms with Crippen molar-refractivity contribution in [3.8, 4) is 22.6 Å². The summed E-state index contributed by atoms with van der Waals surface area (Å²) in [6.07, 6.45) is 3.88. The Labute approximate surface area is 253 Å². The molecule has 0 unspecified atom stereocenters. The van der Waals surface area contributed by atoms with Gasteiger partial charge >= 0.3 is 0 Å². The lowest BCUT2D eigenvalue weighted by Gasteiger charge is -2.17. The molecule has 3 heteroatoms. The van der Waals surface area contributed by atoms with Crippen molar-refractivity contribution in [1.82, 2.24) is 4.98 Å². The lowest BCUT2D eigenvalue weighted by Crippen LogP contribution is -2.08. The third kappa shape index (κ3) is 5.12. The number of fused-ring (bicyclic) bond motifs is 6. The van der Waals surface area contributed by atoms with Gasteiger partial charge in [-0.1, -0.05) is 90.1 Å². The zero-order chi connectivity index (χ0) is 30.1. The van der Waals surface area contributed by atoms with Gasteiger partial charge in [0, 0.05) is 39.0 Å². The number of aromatic nitrogens is 1. The largest absolute Gasteiger partial charge is 0.456 e. The fourth-order valence-corrected chi connectivity index (χ4v) is 6.57. The van der Waals surface area contributed by atoms with Crippen molar-refractivity contribution in [2.24, 2.45) is 10.8 Å². The van der Waals surface area contributed by atoms with Gasteiger partial charge in [0.15, 0.2) is 0 Å². The van der Waals surface area contributed by atoms with E-state index in [1.807, 2.05) is 12.3 Å². The molecule has 4 aromatic carbocycles. The van der Waals surface area contributed by atoms with Crippen molar-refractivity contribution >= 4 is 43.7 Å². The van der Waals surface area contributed by atoms with Crippen LogP contribution in [0.1, 0.15) is 58.2 Å². The predicted octanol–water partition coefficient (Wildman–Crippen LogP) is 11.7. The van der Waals surface area contributed by atoms with Crippen molar-refractivity contribution in [3.05, 3.63) is 102 Å². The van der Waals surface area contributed by atoms with E-state index in [9.17, 15) is 0 Å². The molecule has 0 aliphatic rings. The Balaban J connectivity index is 1.39. The number of hydrogen-bond donors (Lipinski definition) is 0. The van der Waals surface area contributed by atoms with Crippen LogP contribution in [0, 0.1) is 17.8 Å². The van der Waals surface area contributed by atoms with Gasteiger partial charge in [-0.15, -0.1) is 0 Å². The van der Waals surface area contributed by atoms with Gasteiger partial charge in [-0.25, -0.2) is 0 Å². The number of benzene rings is 4. The minimum Gasteiger partial charge on any atom is -0.456 e. The van der Waals surface area contributed by atoms with Crippen LogP contribution in [0.5, 0.6) is 0 Å². The molecule has 0 fully saturated rings. The number of hydrogen-bond acceptors (Lipinski definition) is 3. The molecule has 0 amide bonds. The maximum Gasteiger partial charge on any atom is 0.145 e. The van der Waals surface area contributed by atoms with Crippen LogP contribution in [0.3, 0.4) is 0 Å². The summed E-state index contributed by atoms with van der Waals surface area (Å²) in [5, 5.41) is 5.80. The number of aryl methyl sites for hydroxylation is 1. The maximum absolute atomic E-state index is 6.71. The Morgan fingerprint density at radius 2 is 1.30 bits per heavy atom. The summed E-state index contributed by atoms with van der Waals surface area (Å²) < 4.78 is 13.2. The van der Waals surface area contributed by atoms with Gasteiger partial charge in [-0.2, -0.15) is 0 Å². The van der Waals surface area contributed by atoms with E-state index in [1.165, 1.54) is 21.9 Å². The summed E-state index contributed by atoms with van der Waals surface area (Å²) >= 11 is 0. The molecular formula is C40H39NO2. The van der Waals surface area contributed by atoms with Gasteiger partial charge in [0.05, 0.1) is 5.69 Å². The van der Waals surface area contributed by atoms with E-state index < -0.39 is 0 Å². The zero-order valence-electron chi connectivity index (χ0n) is 26.3. The summed E-state index contributed by atoms with van der Waals surface area (Å²) in [5.74, 6) is 0.889. The molecule has 0 bridgehead atoms. The van der Waals surface area contributed by atoms with Crippen molar-refractivity contribution in [2.45, 2.75) is 61.3 Å². The SMILES string of the molecule is Cc1c(-c2ccnc(-c3cc4ccccc4c4c3oc3cc(CC(C)(C)C)ccc34)c2)oc2cc(CC(C)(C)C)ccc12. The van der Waals surface area contributed by atoms with Crippen LogP contribution in [0.4, 0.5) is 0 Å². The van der Waals surface area contributed by atoms with E-state index in [0.29, 0.717) is 0 Å². The van der Waals surface area contributed by atoms with Crippen LogP contribution in [0.25, 0.3) is 66.3 Å². The van der Waals surface area contributed by atoms with Gasteiger partial charge in [0.1, 0.15) is 22.5 Å². The molecule has 0 aliphatic carbocycles. The molecule has 7 rings (SSSR count). The molecule has 0 saturated carbocycles. The number of furan rings is 2. The van der Waals surface area contributed by atoms with Gasteiger partial charge in [0.2, 0.25) is 0 Å². The minimum atomic E-state index is 0.199. The average Bonchev–Trinajstić information content (AvgIpc) is 3.48. The molecule has 7 aromatic rings. The van der Waals surface area contributed by atoms with Crippen LogP contribution in [0.15, 0.2) is 93.9 Å². The second-order valence-corrected chi connectivity index (χ2v) is 14.6. The first-order chi connectivity index (χ1) is 20.4. The first kappa shape index (κ1) is 27.5. The molecule has 0 radical (unpaired) electrons. The highest BCUT2D eigenvalue weighted by Gasteiger charge is 2.21. The molecule has 3 nitrogen and oxygen atoms in total. The third-order valence-corrected chi connectivity index (χ3v) is 8.30. The quantitative estimate of drug-likeness (QED) is 0.213. The Morgan fingerprint density at radius 1 is 0.651 bits per heavy atom. The smallest absolute Gasteiger partial charge is 0.145 e. The molecular weight excluding hydrogens is 526 g/mol. The van der Waals surface area contributed by atoms with E-state index >= 15 is 0 Å². The Morgan fingerprint density at radius 3 is 2.00 bits per heavy atom. The molecule has 0 N–H and O–H groups in total. The van der Waals surface area contributed by atoms with E-state index in [4.69, 9.17) is 13.8 Å². The summed E-state index contributed by atoms with van der Waals surface area (Å²) in [4.78, 5) is 4.86. The lowest BCUT2D eigenvalue weighted by atomic mass is 9.88. The normalized spacial score (nSPS) is 12.7. The predicted molar refractivity (Wildman–Crippen MR) is 181 cm³/mol. The molecule has 0 spiro atoms. The second-order valence-electron chi connectivity index (χ2n) is 14.6. The van der Waals surface area contributed by atoms with Crippen molar-refractivity contribution in [1.29, 1.82) is 0 Å². The van der Waals surface area contributed by atoms with E-state index in [2.05, 4.69) is 121 Å². The topological polar surface area (TPSA) is 39.2 Å². The highest BCUT2D eigenvalue weighted by atomic mass is 16.3. The van der Waals surface area contributed by atoms with Crippen LogP contribution in [-0.4, -0.2) is 4.98 Å². The van der Waals surface area contributed by atoms with Crippen molar-refractivity contribution in [3.63, 3.8) is 0 Å². The minimum absolute atomic E-state index is 0.199. The van der Waals surface area contributed by atoms with Crippen LogP contribution in [0.2, 0.25) is 0 Å². The molecule has 3 aromatic heterocycles. The van der Waals surface area contributed by atoms with Crippen molar-refractivity contribution in [2.75, 3.05) is 0 Å².